The highest BCUT2D eigenvalue weighted by atomic mass is 16.5. The molecule has 0 saturated heterocycles. The molecule has 0 aromatic heterocycles. The lowest BCUT2D eigenvalue weighted by Crippen LogP contribution is -2.37. The van der Waals surface area contributed by atoms with Crippen LogP contribution in [0.25, 0.3) is 0 Å². The van der Waals surface area contributed by atoms with Gasteiger partial charge >= 0.3 is 0 Å². The first-order valence-corrected chi connectivity index (χ1v) is 5.39. The van der Waals surface area contributed by atoms with E-state index in [4.69, 9.17) is 26.0 Å². The van der Waals surface area contributed by atoms with Crippen molar-refractivity contribution in [3.8, 4) is 11.5 Å². The van der Waals surface area contributed by atoms with Crippen LogP contribution in [-0.4, -0.2) is 32.0 Å². The second kappa shape index (κ2) is 5.86. The molecule has 5 heteroatoms. The molecule has 0 fully saturated rings. The first-order valence-electron chi connectivity index (χ1n) is 5.39. The van der Waals surface area contributed by atoms with E-state index in [9.17, 15) is 0 Å². The van der Waals surface area contributed by atoms with E-state index >= 15 is 0 Å². The molecular weight excluding hydrogens is 220 g/mol. The molecule has 17 heavy (non-hydrogen) atoms. The fraction of sp³-hybridized carbons (Fsp3) is 0.500. The highest BCUT2D eigenvalue weighted by Crippen LogP contribution is 2.32. The van der Waals surface area contributed by atoms with Gasteiger partial charge in [-0.15, -0.1) is 0 Å². The van der Waals surface area contributed by atoms with Gasteiger partial charge in [0.1, 0.15) is 0 Å². The lowest BCUT2D eigenvalue weighted by atomic mass is 9.96. The van der Waals surface area contributed by atoms with Crippen molar-refractivity contribution in [2.75, 3.05) is 20.8 Å². The van der Waals surface area contributed by atoms with Gasteiger partial charge in [-0.05, 0) is 30.2 Å². The summed E-state index contributed by atoms with van der Waals surface area (Å²) in [5, 5.41) is 9.02. The predicted molar refractivity (Wildman–Crippen MR) is 66.3 cm³/mol. The first-order chi connectivity index (χ1) is 8.04. The zero-order chi connectivity index (χ0) is 13.0. The maximum Gasteiger partial charge on any atom is 0.161 e. The molecule has 1 rings (SSSR count). The fourth-order valence-corrected chi connectivity index (χ4v) is 1.70. The maximum absolute atomic E-state index is 9.02. The van der Waals surface area contributed by atoms with Crippen LogP contribution in [-0.2, 0) is 0 Å². The van der Waals surface area contributed by atoms with Crippen LogP contribution in [0.5, 0.6) is 11.5 Å². The standard InChI is InChI=1S/C12H20N2O3/c1-7-4-10(16-2)11(17-3)5-8(7)12(14)9(13)6-15/h4-5,9,12,15H,6,13-14H2,1-3H3. The van der Waals surface area contributed by atoms with Gasteiger partial charge in [0.25, 0.3) is 0 Å². The number of aryl methyl sites for hydroxylation is 1. The van der Waals surface area contributed by atoms with Gasteiger partial charge in [0.15, 0.2) is 11.5 Å². The minimum absolute atomic E-state index is 0.158. The second-order valence-electron chi connectivity index (χ2n) is 3.94. The van der Waals surface area contributed by atoms with Crippen molar-refractivity contribution in [2.24, 2.45) is 11.5 Å². The Morgan fingerprint density at radius 2 is 1.71 bits per heavy atom. The summed E-state index contributed by atoms with van der Waals surface area (Å²) in [4.78, 5) is 0. The summed E-state index contributed by atoms with van der Waals surface area (Å²) in [5.41, 5.74) is 13.5. The fourth-order valence-electron chi connectivity index (χ4n) is 1.70. The topological polar surface area (TPSA) is 90.7 Å². The first kappa shape index (κ1) is 13.8. The number of rotatable bonds is 5. The van der Waals surface area contributed by atoms with Crippen molar-refractivity contribution in [2.45, 2.75) is 19.0 Å². The molecular formula is C12H20N2O3. The highest BCUT2D eigenvalue weighted by Gasteiger charge is 2.19. The average molecular weight is 240 g/mol. The Hall–Kier alpha value is -1.30. The largest absolute Gasteiger partial charge is 0.493 e. The van der Waals surface area contributed by atoms with E-state index in [0.717, 1.165) is 11.1 Å². The molecule has 1 aromatic rings. The van der Waals surface area contributed by atoms with Crippen molar-refractivity contribution in [3.63, 3.8) is 0 Å². The molecule has 0 saturated carbocycles. The smallest absolute Gasteiger partial charge is 0.161 e. The monoisotopic (exact) mass is 240 g/mol. The molecule has 0 amide bonds. The van der Waals surface area contributed by atoms with Gasteiger partial charge in [-0.25, -0.2) is 0 Å². The molecule has 5 N–H and O–H groups in total. The number of hydrogen-bond donors (Lipinski definition) is 3. The third-order valence-corrected chi connectivity index (χ3v) is 2.80. The normalized spacial score (nSPS) is 14.2. The van der Waals surface area contributed by atoms with E-state index in [2.05, 4.69) is 0 Å². The summed E-state index contributed by atoms with van der Waals surface area (Å²) < 4.78 is 10.4. The number of methoxy groups -OCH3 is 2. The average Bonchev–Trinajstić information content (AvgIpc) is 2.36. The zero-order valence-corrected chi connectivity index (χ0v) is 10.4. The Morgan fingerprint density at radius 1 is 1.18 bits per heavy atom. The van der Waals surface area contributed by atoms with E-state index in [-0.39, 0.29) is 6.61 Å². The van der Waals surface area contributed by atoms with E-state index in [1.165, 1.54) is 0 Å². The number of hydrogen-bond acceptors (Lipinski definition) is 5. The molecule has 96 valence electrons. The Kier molecular flexibility index (Phi) is 4.74. The van der Waals surface area contributed by atoms with Crippen LogP contribution < -0.4 is 20.9 Å². The summed E-state index contributed by atoms with van der Waals surface area (Å²) in [6.45, 7) is 1.76. The van der Waals surface area contributed by atoms with E-state index < -0.39 is 12.1 Å². The number of benzene rings is 1. The van der Waals surface area contributed by atoms with Crippen molar-refractivity contribution >= 4 is 0 Å². The Labute approximate surface area is 101 Å². The molecule has 2 atom stereocenters. The Balaban J connectivity index is 3.16. The van der Waals surface area contributed by atoms with Crippen LogP contribution in [0, 0.1) is 6.92 Å². The molecule has 2 unspecified atom stereocenters. The zero-order valence-electron chi connectivity index (χ0n) is 10.4. The van der Waals surface area contributed by atoms with Crippen LogP contribution >= 0.6 is 0 Å². The number of nitrogens with two attached hydrogens (primary N) is 2. The number of aliphatic hydroxyl groups is 1. The van der Waals surface area contributed by atoms with Gasteiger partial charge in [-0.3, -0.25) is 0 Å². The van der Waals surface area contributed by atoms with Gasteiger partial charge in [-0.2, -0.15) is 0 Å². The van der Waals surface area contributed by atoms with Crippen molar-refractivity contribution in [1.82, 2.24) is 0 Å². The summed E-state index contributed by atoms with van der Waals surface area (Å²) in [6.07, 6.45) is 0. The molecule has 1 aromatic carbocycles. The Bertz CT molecular complexity index is 382. The van der Waals surface area contributed by atoms with Gasteiger partial charge in [-0.1, -0.05) is 0 Å². The van der Waals surface area contributed by atoms with E-state index in [1.54, 1.807) is 20.3 Å². The predicted octanol–water partition coefficient (Wildman–Crippen LogP) is 0.332. The minimum Gasteiger partial charge on any atom is -0.493 e. The lowest BCUT2D eigenvalue weighted by molar-refractivity contribution is 0.249. The van der Waals surface area contributed by atoms with Crippen molar-refractivity contribution < 1.29 is 14.6 Å². The lowest BCUT2D eigenvalue weighted by Gasteiger charge is -2.21. The van der Waals surface area contributed by atoms with Crippen LogP contribution in [0.15, 0.2) is 12.1 Å². The number of aliphatic hydroxyl groups excluding tert-OH is 1. The third-order valence-electron chi connectivity index (χ3n) is 2.80. The van der Waals surface area contributed by atoms with Crippen molar-refractivity contribution in [1.29, 1.82) is 0 Å². The van der Waals surface area contributed by atoms with Crippen LogP contribution in [0.3, 0.4) is 0 Å². The summed E-state index contributed by atoms with van der Waals surface area (Å²) >= 11 is 0. The van der Waals surface area contributed by atoms with Gasteiger partial charge in [0.2, 0.25) is 0 Å². The molecule has 0 spiro atoms. The molecule has 5 nitrogen and oxygen atoms in total. The maximum atomic E-state index is 9.02. The molecule has 0 aliphatic carbocycles. The summed E-state index contributed by atoms with van der Waals surface area (Å²) in [5.74, 6) is 1.26. The molecule has 0 aliphatic rings. The molecule has 0 aliphatic heterocycles. The van der Waals surface area contributed by atoms with Crippen LogP contribution in [0.4, 0.5) is 0 Å². The quantitative estimate of drug-likeness (QED) is 0.690. The summed E-state index contributed by atoms with van der Waals surface area (Å²) in [7, 11) is 3.14. The Morgan fingerprint density at radius 3 is 2.18 bits per heavy atom. The minimum atomic E-state index is -0.494. The van der Waals surface area contributed by atoms with E-state index in [0.29, 0.717) is 11.5 Å². The second-order valence-corrected chi connectivity index (χ2v) is 3.94. The van der Waals surface area contributed by atoms with Crippen LogP contribution in [0.1, 0.15) is 17.2 Å². The number of ether oxygens (including phenoxy) is 2. The van der Waals surface area contributed by atoms with E-state index in [1.807, 2.05) is 13.0 Å². The molecule has 0 heterocycles. The molecule has 0 radical (unpaired) electrons. The van der Waals surface area contributed by atoms with Gasteiger partial charge < -0.3 is 26.0 Å². The van der Waals surface area contributed by atoms with Gasteiger partial charge in [0.05, 0.1) is 20.8 Å². The third kappa shape index (κ3) is 2.88. The van der Waals surface area contributed by atoms with Crippen LogP contribution in [0.2, 0.25) is 0 Å². The highest BCUT2D eigenvalue weighted by molar-refractivity contribution is 5.48. The SMILES string of the molecule is COc1cc(C)c(C(N)C(N)CO)cc1OC. The molecule has 0 bridgehead atoms. The van der Waals surface area contributed by atoms with Gasteiger partial charge in [0, 0.05) is 12.1 Å². The summed E-state index contributed by atoms with van der Waals surface area (Å²) in [6, 6.07) is 2.72. The van der Waals surface area contributed by atoms with Crippen molar-refractivity contribution in [3.05, 3.63) is 23.3 Å².